The van der Waals surface area contributed by atoms with E-state index in [1.807, 2.05) is 37.1 Å². The molecule has 0 aliphatic carbocycles. The number of para-hydroxylation sites is 1. The van der Waals surface area contributed by atoms with Gasteiger partial charge in [-0.1, -0.05) is 38.0 Å². The number of nitrogens with zero attached hydrogens (tertiary/aromatic N) is 6. The van der Waals surface area contributed by atoms with E-state index in [0.717, 1.165) is 43.5 Å². The molecule has 0 atom stereocenters. The van der Waals surface area contributed by atoms with E-state index < -0.39 is 0 Å². The molecule has 2 aromatic rings. The fourth-order valence-corrected chi connectivity index (χ4v) is 3.11. The Kier molecular flexibility index (Phi) is 9.14. The van der Waals surface area contributed by atoms with Gasteiger partial charge in [0.05, 0.1) is 0 Å². The Labute approximate surface area is 170 Å². The van der Waals surface area contributed by atoms with Gasteiger partial charge in [-0.3, -0.25) is 0 Å². The van der Waals surface area contributed by atoms with Gasteiger partial charge in [0.25, 0.3) is 0 Å². The Morgan fingerprint density at radius 2 is 1.39 bits per heavy atom. The maximum atomic E-state index is 4.75. The van der Waals surface area contributed by atoms with Gasteiger partial charge in [-0.05, 0) is 59.0 Å². The summed E-state index contributed by atoms with van der Waals surface area (Å²) in [7, 11) is 4.18. The zero-order valence-electron chi connectivity index (χ0n) is 18.2. The Balaban J connectivity index is 1.95. The van der Waals surface area contributed by atoms with Crippen LogP contribution in [0.5, 0.6) is 0 Å². The fraction of sp³-hybridized carbons (Fsp3) is 0.591. The molecule has 6 heteroatoms. The summed E-state index contributed by atoms with van der Waals surface area (Å²) in [6.45, 7) is 10.5. The number of benzene rings is 1. The van der Waals surface area contributed by atoms with Gasteiger partial charge >= 0.3 is 0 Å². The molecular weight excluding hydrogens is 348 g/mol. The SMILES string of the molecule is CCN(C)CCCCCCN(CC)c1nc(C)nc(N(C)c2ccccc2)n1. The van der Waals surface area contributed by atoms with E-state index in [2.05, 4.69) is 52.8 Å². The minimum atomic E-state index is 0.690. The van der Waals surface area contributed by atoms with Crippen molar-refractivity contribution in [2.75, 3.05) is 50.1 Å². The highest BCUT2D eigenvalue weighted by Gasteiger charge is 2.14. The van der Waals surface area contributed by atoms with Crippen molar-refractivity contribution >= 4 is 17.6 Å². The first-order chi connectivity index (χ1) is 13.5. The molecular formula is C22H36N6. The zero-order chi connectivity index (χ0) is 20.4. The van der Waals surface area contributed by atoms with Crippen LogP contribution in [0.3, 0.4) is 0 Å². The number of aromatic nitrogens is 3. The molecule has 0 unspecified atom stereocenters. The minimum absolute atomic E-state index is 0.690. The monoisotopic (exact) mass is 384 g/mol. The van der Waals surface area contributed by atoms with Crippen molar-refractivity contribution in [3.05, 3.63) is 36.2 Å². The van der Waals surface area contributed by atoms with Crippen LogP contribution in [0.25, 0.3) is 0 Å². The Hall–Kier alpha value is -2.21. The van der Waals surface area contributed by atoms with E-state index >= 15 is 0 Å². The Bertz CT molecular complexity index is 691. The van der Waals surface area contributed by atoms with Crippen molar-refractivity contribution in [3.63, 3.8) is 0 Å². The summed E-state index contributed by atoms with van der Waals surface area (Å²) in [6.07, 6.45) is 4.96. The van der Waals surface area contributed by atoms with Gasteiger partial charge < -0.3 is 14.7 Å². The predicted octanol–water partition coefficient (Wildman–Crippen LogP) is 4.29. The first-order valence-electron chi connectivity index (χ1n) is 10.5. The molecule has 0 saturated heterocycles. The largest absolute Gasteiger partial charge is 0.341 e. The third-order valence-corrected chi connectivity index (χ3v) is 5.09. The third-order valence-electron chi connectivity index (χ3n) is 5.09. The summed E-state index contributed by atoms with van der Waals surface area (Å²) in [4.78, 5) is 20.5. The molecule has 0 amide bonds. The third kappa shape index (κ3) is 6.75. The number of aryl methyl sites for hydroxylation is 1. The van der Waals surface area contributed by atoms with Crippen LogP contribution in [0.1, 0.15) is 45.4 Å². The van der Waals surface area contributed by atoms with E-state index in [0.29, 0.717) is 5.95 Å². The molecule has 0 radical (unpaired) electrons. The van der Waals surface area contributed by atoms with E-state index in [-0.39, 0.29) is 0 Å². The summed E-state index contributed by atoms with van der Waals surface area (Å²) < 4.78 is 0. The number of hydrogen-bond donors (Lipinski definition) is 0. The topological polar surface area (TPSA) is 48.4 Å². The second-order valence-corrected chi connectivity index (χ2v) is 7.27. The van der Waals surface area contributed by atoms with E-state index in [1.54, 1.807) is 0 Å². The number of hydrogen-bond acceptors (Lipinski definition) is 6. The predicted molar refractivity (Wildman–Crippen MR) is 119 cm³/mol. The second kappa shape index (κ2) is 11.6. The molecule has 2 rings (SSSR count). The smallest absolute Gasteiger partial charge is 0.234 e. The van der Waals surface area contributed by atoms with Gasteiger partial charge in [-0.25, -0.2) is 0 Å². The van der Waals surface area contributed by atoms with Gasteiger partial charge in [-0.15, -0.1) is 0 Å². The average molecular weight is 385 g/mol. The molecule has 0 bridgehead atoms. The number of unbranched alkanes of at least 4 members (excludes halogenated alkanes) is 3. The molecule has 1 aromatic heterocycles. The van der Waals surface area contributed by atoms with Crippen LogP contribution in [0.15, 0.2) is 30.3 Å². The van der Waals surface area contributed by atoms with Crippen LogP contribution in [0.4, 0.5) is 17.6 Å². The van der Waals surface area contributed by atoms with Crippen LogP contribution in [0, 0.1) is 6.92 Å². The van der Waals surface area contributed by atoms with Crippen LogP contribution >= 0.6 is 0 Å². The number of anilines is 3. The van der Waals surface area contributed by atoms with Crippen molar-refractivity contribution in [2.45, 2.75) is 46.5 Å². The van der Waals surface area contributed by atoms with E-state index in [9.17, 15) is 0 Å². The highest BCUT2D eigenvalue weighted by atomic mass is 15.3. The first-order valence-corrected chi connectivity index (χ1v) is 10.5. The van der Waals surface area contributed by atoms with Crippen molar-refractivity contribution in [3.8, 4) is 0 Å². The molecule has 6 nitrogen and oxygen atoms in total. The molecule has 0 aliphatic heterocycles. The van der Waals surface area contributed by atoms with Crippen LogP contribution in [-0.2, 0) is 0 Å². The fourth-order valence-electron chi connectivity index (χ4n) is 3.11. The van der Waals surface area contributed by atoms with Gasteiger partial charge in [0.15, 0.2) is 0 Å². The van der Waals surface area contributed by atoms with Gasteiger partial charge in [-0.2, -0.15) is 15.0 Å². The van der Waals surface area contributed by atoms with E-state index in [1.165, 1.54) is 25.8 Å². The van der Waals surface area contributed by atoms with Crippen LogP contribution in [-0.4, -0.2) is 60.1 Å². The van der Waals surface area contributed by atoms with Gasteiger partial charge in [0.2, 0.25) is 11.9 Å². The normalized spacial score (nSPS) is 11.1. The van der Waals surface area contributed by atoms with Gasteiger partial charge in [0, 0.05) is 25.8 Å². The molecule has 1 heterocycles. The molecule has 28 heavy (non-hydrogen) atoms. The van der Waals surface area contributed by atoms with Gasteiger partial charge in [0.1, 0.15) is 5.82 Å². The minimum Gasteiger partial charge on any atom is -0.341 e. The lowest BCUT2D eigenvalue weighted by Crippen LogP contribution is -2.27. The summed E-state index contributed by atoms with van der Waals surface area (Å²) in [5.41, 5.74) is 1.07. The molecule has 0 spiro atoms. The highest BCUT2D eigenvalue weighted by Crippen LogP contribution is 2.21. The van der Waals surface area contributed by atoms with Crippen molar-refractivity contribution in [1.82, 2.24) is 19.9 Å². The Morgan fingerprint density at radius 1 is 0.750 bits per heavy atom. The van der Waals surface area contributed by atoms with Crippen LogP contribution in [0.2, 0.25) is 0 Å². The molecule has 0 N–H and O–H groups in total. The lowest BCUT2D eigenvalue weighted by Gasteiger charge is -2.23. The summed E-state index contributed by atoms with van der Waals surface area (Å²) in [5, 5.41) is 0. The molecule has 1 aromatic carbocycles. The average Bonchev–Trinajstić information content (AvgIpc) is 2.72. The standard InChI is InChI=1S/C22H36N6/c1-6-26(4)17-13-8-9-14-18-28(7-2)22-24-19(3)23-21(25-22)27(5)20-15-11-10-12-16-20/h10-12,15-16H,6-9,13-14,17-18H2,1-5H3. The zero-order valence-corrected chi connectivity index (χ0v) is 18.2. The maximum Gasteiger partial charge on any atom is 0.234 e. The van der Waals surface area contributed by atoms with E-state index in [4.69, 9.17) is 4.98 Å². The first kappa shape index (κ1) is 22.1. The molecule has 0 fully saturated rings. The second-order valence-electron chi connectivity index (χ2n) is 7.27. The molecule has 154 valence electrons. The summed E-state index contributed by atoms with van der Waals surface area (Å²) in [5.74, 6) is 2.22. The Morgan fingerprint density at radius 3 is 2.04 bits per heavy atom. The van der Waals surface area contributed by atoms with Crippen molar-refractivity contribution in [2.24, 2.45) is 0 Å². The van der Waals surface area contributed by atoms with Crippen molar-refractivity contribution < 1.29 is 0 Å². The molecule has 0 aliphatic rings. The summed E-state index contributed by atoms with van der Waals surface area (Å²) >= 11 is 0. The maximum absolute atomic E-state index is 4.75. The highest BCUT2D eigenvalue weighted by molar-refractivity contribution is 5.56. The lowest BCUT2D eigenvalue weighted by molar-refractivity contribution is 0.341. The van der Waals surface area contributed by atoms with Crippen molar-refractivity contribution in [1.29, 1.82) is 0 Å². The lowest BCUT2D eigenvalue weighted by atomic mass is 10.2. The van der Waals surface area contributed by atoms with Crippen LogP contribution < -0.4 is 9.80 Å². The summed E-state index contributed by atoms with van der Waals surface area (Å²) in [6, 6.07) is 10.2. The molecule has 0 saturated carbocycles. The quantitative estimate of drug-likeness (QED) is 0.509. The number of rotatable bonds is 12.